The Kier molecular flexibility index (Phi) is 11.5. The first-order valence-corrected chi connectivity index (χ1v) is 13.3. The van der Waals surface area contributed by atoms with Gasteiger partial charge in [-0.2, -0.15) is 0 Å². The Labute approximate surface area is 232 Å². The number of hydrogen-bond donors (Lipinski definition) is 4. The smallest absolute Gasteiger partial charge is 0.251 e. The predicted molar refractivity (Wildman–Crippen MR) is 157 cm³/mol. The number of hydrogen-bond acceptors (Lipinski definition) is 5. The summed E-state index contributed by atoms with van der Waals surface area (Å²) < 4.78 is 5.96. The molecule has 4 bridgehead atoms. The molecule has 1 heterocycles. The van der Waals surface area contributed by atoms with Crippen LogP contribution < -0.4 is 20.7 Å². The molecule has 0 saturated heterocycles. The van der Waals surface area contributed by atoms with Crippen LogP contribution in [0.2, 0.25) is 0 Å². The van der Waals surface area contributed by atoms with Gasteiger partial charge in [0.15, 0.2) is 0 Å². The van der Waals surface area contributed by atoms with Gasteiger partial charge in [0, 0.05) is 30.9 Å². The number of rotatable bonds is 6. The lowest BCUT2D eigenvalue weighted by atomic mass is 9.99. The molecule has 0 aromatic heterocycles. The molecule has 3 aromatic carbocycles. The van der Waals surface area contributed by atoms with Gasteiger partial charge < -0.3 is 25.8 Å². The van der Waals surface area contributed by atoms with E-state index in [2.05, 4.69) is 54.1 Å². The van der Waals surface area contributed by atoms with Gasteiger partial charge in [0.25, 0.3) is 5.91 Å². The normalized spacial score (nSPS) is 16.9. The van der Waals surface area contributed by atoms with Crippen LogP contribution in [0.15, 0.2) is 72.8 Å². The molecule has 4 N–H and O–H groups in total. The second kappa shape index (κ2) is 14.8. The topological polar surface area (TPSA) is 82.6 Å². The first-order valence-electron chi connectivity index (χ1n) is 13.3. The molecule has 7 heteroatoms. The van der Waals surface area contributed by atoms with Gasteiger partial charge in [0.05, 0.1) is 18.8 Å². The molecular formula is C31H40ClN3O3. The monoisotopic (exact) mass is 537 g/mol. The average molecular weight is 538 g/mol. The zero-order valence-corrected chi connectivity index (χ0v) is 23.1. The third-order valence-corrected chi connectivity index (χ3v) is 6.73. The molecule has 0 saturated carbocycles. The third kappa shape index (κ3) is 8.76. The van der Waals surface area contributed by atoms with Crippen molar-refractivity contribution in [3.05, 3.63) is 95.1 Å². The summed E-state index contributed by atoms with van der Waals surface area (Å²) in [5, 5.41) is 21.0. The predicted octanol–water partition coefficient (Wildman–Crippen LogP) is 5.31. The van der Waals surface area contributed by atoms with E-state index in [1.807, 2.05) is 48.5 Å². The quantitative estimate of drug-likeness (QED) is 0.342. The molecule has 38 heavy (non-hydrogen) atoms. The number of aliphatic hydroxyl groups excluding tert-OH is 1. The van der Waals surface area contributed by atoms with Crippen LogP contribution in [0.25, 0.3) is 0 Å². The van der Waals surface area contributed by atoms with E-state index in [1.54, 1.807) is 0 Å². The lowest BCUT2D eigenvalue weighted by Gasteiger charge is -2.25. The number of nitrogens with one attached hydrogen (secondary N) is 3. The highest BCUT2D eigenvalue weighted by Gasteiger charge is 2.23. The number of carbonyl (C=O) groups is 1. The lowest BCUT2D eigenvalue weighted by molar-refractivity contribution is 0.0830. The maximum absolute atomic E-state index is 13.2. The van der Waals surface area contributed by atoms with Crippen molar-refractivity contribution in [1.29, 1.82) is 0 Å². The highest BCUT2D eigenvalue weighted by Crippen LogP contribution is 2.18. The van der Waals surface area contributed by atoms with E-state index >= 15 is 0 Å². The van der Waals surface area contributed by atoms with Gasteiger partial charge in [-0.1, -0.05) is 56.3 Å². The molecule has 1 amide bonds. The molecule has 1 aliphatic heterocycles. The fraction of sp³-hybridized carbons (Fsp3) is 0.387. The van der Waals surface area contributed by atoms with Crippen molar-refractivity contribution >= 4 is 24.0 Å². The highest BCUT2D eigenvalue weighted by molar-refractivity contribution is 5.95. The van der Waals surface area contributed by atoms with E-state index in [9.17, 15) is 9.90 Å². The van der Waals surface area contributed by atoms with Crippen LogP contribution in [0.3, 0.4) is 0 Å². The molecule has 0 spiro atoms. The first-order chi connectivity index (χ1) is 18.0. The Morgan fingerprint density at radius 3 is 2.68 bits per heavy atom. The van der Waals surface area contributed by atoms with Gasteiger partial charge in [-0.05, 0) is 72.2 Å². The average Bonchev–Trinajstić information content (AvgIpc) is 2.90. The summed E-state index contributed by atoms with van der Waals surface area (Å²) >= 11 is 0. The van der Waals surface area contributed by atoms with Crippen molar-refractivity contribution in [3.8, 4) is 5.75 Å². The van der Waals surface area contributed by atoms with Crippen LogP contribution in [0.4, 0.5) is 5.69 Å². The summed E-state index contributed by atoms with van der Waals surface area (Å²) in [6.07, 6.45) is 1.62. The largest absolute Gasteiger partial charge is 0.494 e. The van der Waals surface area contributed by atoms with Gasteiger partial charge in [0.1, 0.15) is 5.75 Å². The second-order valence-corrected chi connectivity index (χ2v) is 10.1. The molecule has 0 unspecified atom stereocenters. The summed E-state index contributed by atoms with van der Waals surface area (Å²) in [7, 11) is 0. The molecule has 2 atom stereocenters. The fourth-order valence-corrected chi connectivity index (χ4v) is 4.54. The number of benzene rings is 3. The molecular weight excluding hydrogens is 498 g/mol. The van der Waals surface area contributed by atoms with E-state index in [1.165, 1.54) is 11.1 Å². The summed E-state index contributed by atoms with van der Waals surface area (Å²) in [4.78, 5) is 13.2. The van der Waals surface area contributed by atoms with Crippen molar-refractivity contribution in [1.82, 2.24) is 10.6 Å². The molecule has 3 aromatic rings. The number of amides is 1. The summed E-state index contributed by atoms with van der Waals surface area (Å²) in [6.45, 7) is 6.82. The number of anilines is 1. The maximum Gasteiger partial charge on any atom is 0.251 e. The summed E-state index contributed by atoms with van der Waals surface area (Å²) in [5.41, 5.74) is 4.96. The molecule has 6 nitrogen and oxygen atoms in total. The number of halogens is 1. The fourth-order valence-electron chi connectivity index (χ4n) is 4.54. The van der Waals surface area contributed by atoms with E-state index < -0.39 is 12.1 Å². The molecule has 4 rings (SSSR count). The van der Waals surface area contributed by atoms with Crippen LogP contribution >= 0.6 is 12.4 Å². The Bertz CT molecular complexity index is 1170. The van der Waals surface area contributed by atoms with Crippen LogP contribution in [0.5, 0.6) is 5.75 Å². The van der Waals surface area contributed by atoms with Crippen molar-refractivity contribution in [3.63, 3.8) is 0 Å². The van der Waals surface area contributed by atoms with Crippen molar-refractivity contribution in [2.45, 2.75) is 57.7 Å². The van der Waals surface area contributed by atoms with Crippen LogP contribution in [0, 0.1) is 0 Å². The van der Waals surface area contributed by atoms with Crippen LogP contribution in [0.1, 0.15) is 59.7 Å². The Morgan fingerprint density at radius 2 is 1.84 bits per heavy atom. The maximum atomic E-state index is 13.2. The standard InChI is InChI=1S/C31H39N3O3.ClH/c1-22(2)25-10-5-9-24(16-25)20-32-21-30(35)29-18-23-8-6-13-28(17-23)37-15-4-3-14-33-27-12-7-11-26(19-27)31(36)34-29;/h5-13,16-17,19,22,29-30,32-33,35H,3-4,14-15,18,20-21H2,1-2H3,(H,34,36);1H/t29-,30+;/m0./s1. The Morgan fingerprint density at radius 1 is 1.03 bits per heavy atom. The molecule has 204 valence electrons. The SMILES string of the molecule is CC(C)c1cccc(CNC[C@@H](O)[C@@H]2Cc3cccc(c3)OCCCCNc3cccc(c3)C(=O)N2)c1.Cl. The third-order valence-electron chi connectivity index (χ3n) is 6.73. The zero-order valence-electron chi connectivity index (χ0n) is 22.3. The van der Waals surface area contributed by atoms with Gasteiger partial charge in [-0.25, -0.2) is 0 Å². The molecule has 0 aliphatic carbocycles. The van der Waals surface area contributed by atoms with Crippen molar-refractivity contribution in [2.75, 3.05) is 25.0 Å². The number of carbonyl (C=O) groups excluding carboxylic acids is 1. The number of aliphatic hydroxyl groups is 1. The minimum absolute atomic E-state index is 0. The van der Waals surface area contributed by atoms with Crippen molar-refractivity contribution in [2.24, 2.45) is 0 Å². The molecule has 0 radical (unpaired) electrons. The van der Waals surface area contributed by atoms with Crippen molar-refractivity contribution < 1.29 is 14.6 Å². The minimum Gasteiger partial charge on any atom is -0.494 e. The number of ether oxygens (including phenoxy) is 1. The second-order valence-electron chi connectivity index (χ2n) is 10.1. The van der Waals surface area contributed by atoms with Gasteiger partial charge in [-0.15, -0.1) is 12.4 Å². The molecule has 1 aliphatic rings. The van der Waals surface area contributed by atoms with Gasteiger partial charge in [-0.3, -0.25) is 4.79 Å². The Hall–Kier alpha value is -3.06. The first kappa shape index (κ1) is 29.5. The minimum atomic E-state index is -0.776. The lowest BCUT2D eigenvalue weighted by Crippen LogP contribution is -2.48. The number of fused-ring (bicyclic) bond motifs is 4. The highest BCUT2D eigenvalue weighted by atomic mass is 35.5. The van der Waals surface area contributed by atoms with Gasteiger partial charge >= 0.3 is 0 Å². The summed E-state index contributed by atoms with van der Waals surface area (Å²) in [6, 6.07) is 23.5. The van der Waals surface area contributed by atoms with E-state index in [4.69, 9.17) is 4.74 Å². The van der Waals surface area contributed by atoms with E-state index in [0.717, 1.165) is 36.4 Å². The van der Waals surface area contributed by atoms with Crippen LogP contribution in [-0.4, -0.2) is 42.9 Å². The summed E-state index contributed by atoms with van der Waals surface area (Å²) in [5.74, 6) is 1.08. The van der Waals surface area contributed by atoms with Gasteiger partial charge in [0.2, 0.25) is 0 Å². The Balaban J connectivity index is 0.00000400. The van der Waals surface area contributed by atoms with E-state index in [-0.39, 0.29) is 18.3 Å². The van der Waals surface area contributed by atoms with Crippen LogP contribution in [-0.2, 0) is 13.0 Å². The molecule has 0 fully saturated rings. The van der Waals surface area contributed by atoms with E-state index in [0.29, 0.717) is 37.6 Å². The zero-order chi connectivity index (χ0) is 26.0.